The van der Waals surface area contributed by atoms with Crippen molar-refractivity contribution in [3.63, 3.8) is 0 Å². The second-order valence-electron chi connectivity index (χ2n) is 6.22. The van der Waals surface area contributed by atoms with Gasteiger partial charge in [-0.3, -0.25) is 18.9 Å². The number of aromatic amines is 1. The number of rotatable bonds is 10. The van der Waals surface area contributed by atoms with Crippen LogP contribution in [0.2, 0.25) is 0 Å². The summed E-state index contributed by atoms with van der Waals surface area (Å²) >= 11 is 0. The quantitative estimate of drug-likeness (QED) is 0.450. The highest BCUT2D eigenvalue weighted by Gasteiger charge is 2.46. The van der Waals surface area contributed by atoms with Gasteiger partial charge in [0, 0.05) is 18.3 Å². The van der Waals surface area contributed by atoms with Crippen LogP contribution in [0.25, 0.3) is 0 Å². The molecule has 2 rings (SSSR count). The van der Waals surface area contributed by atoms with E-state index in [1.54, 1.807) is 20.8 Å². The van der Waals surface area contributed by atoms with E-state index in [1.165, 1.54) is 16.8 Å². The van der Waals surface area contributed by atoms with Gasteiger partial charge < -0.3 is 18.5 Å². The molecule has 0 aromatic carbocycles. The molecule has 11 heteroatoms. The van der Waals surface area contributed by atoms with Crippen LogP contribution in [0.1, 0.15) is 46.1 Å². The fourth-order valence-electron chi connectivity index (χ4n) is 3.20. The molecule has 1 saturated carbocycles. The predicted octanol–water partition coefficient (Wildman–Crippen LogP) is 1.80. The van der Waals surface area contributed by atoms with Gasteiger partial charge in [-0.2, -0.15) is 0 Å². The van der Waals surface area contributed by atoms with Crippen molar-refractivity contribution in [3.05, 3.63) is 33.1 Å². The third-order valence-electron chi connectivity index (χ3n) is 4.32. The lowest BCUT2D eigenvalue weighted by Crippen LogP contribution is -2.33. The zero-order valence-electron chi connectivity index (χ0n) is 16.3. The molecule has 1 aromatic heterocycles. The van der Waals surface area contributed by atoms with Crippen molar-refractivity contribution in [2.75, 3.05) is 19.8 Å². The first kappa shape index (κ1) is 22.5. The maximum absolute atomic E-state index is 13.1. The van der Waals surface area contributed by atoms with Crippen LogP contribution in [0.5, 0.6) is 0 Å². The summed E-state index contributed by atoms with van der Waals surface area (Å²) in [7, 11) is -3.89. The number of hydrogen-bond donors (Lipinski definition) is 1. The molecule has 0 amide bonds. The number of carbonyl (C=O) groups excluding carboxylic acids is 1. The molecule has 0 radical (unpaired) electrons. The summed E-state index contributed by atoms with van der Waals surface area (Å²) in [4.78, 5) is 37.8. The third kappa shape index (κ3) is 5.41. The van der Waals surface area contributed by atoms with Gasteiger partial charge in [0.05, 0.1) is 25.9 Å². The molecule has 0 bridgehead atoms. The highest BCUT2D eigenvalue weighted by Crippen LogP contribution is 2.55. The van der Waals surface area contributed by atoms with Crippen molar-refractivity contribution in [3.8, 4) is 0 Å². The Morgan fingerprint density at radius 1 is 1.21 bits per heavy atom. The molecule has 1 aromatic rings. The van der Waals surface area contributed by atoms with Crippen LogP contribution in [-0.2, 0) is 27.9 Å². The minimum atomic E-state index is -3.89. The van der Waals surface area contributed by atoms with Crippen molar-refractivity contribution < 1.29 is 27.9 Å². The summed E-state index contributed by atoms with van der Waals surface area (Å²) in [6.07, 6.45) is 2.51. The standard InChI is InChI=1S/C17H27N2O8P/c1-4-24-15(21)16(28(23,25-5-2)26-6-3)27-13-8-7-12(11-13)19-10-9-14(20)18-17(19)22/h9-10,12-13,16H,4-8,11H2,1-3H3,(H,18,20,22)/t12-,13+,16?/m1/s1. The number of nitrogens with zero attached hydrogens (tertiary/aromatic N) is 1. The van der Waals surface area contributed by atoms with Gasteiger partial charge in [-0.1, -0.05) is 0 Å². The number of esters is 1. The molecule has 1 aliphatic carbocycles. The minimum absolute atomic E-state index is 0.0800. The molecule has 1 N–H and O–H groups in total. The van der Waals surface area contributed by atoms with Gasteiger partial charge in [0.25, 0.3) is 11.4 Å². The fraction of sp³-hybridized carbons (Fsp3) is 0.706. The number of H-pyrrole nitrogens is 1. The minimum Gasteiger partial charge on any atom is -0.464 e. The Morgan fingerprint density at radius 3 is 2.46 bits per heavy atom. The molecule has 158 valence electrons. The van der Waals surface area contributed by atoms with Crippen molar-refractivity contribution in [2.45, 2.75) is 58.0 Å². The number of aromatic nitrogens is 2. The average molecular weight is 418 g/mol. The molecule has 1 unspecified atom stereocenters. The topological polar surface area (TPSA) is 126 Å². The molecule has 0 spiro atoms. The van der Waals surface area contributed by atoms with Crippen molar-refractivity contribution in [1.29, 1.82) is 0 Å². The SMILES string of the molecule is CCOC(=O)C(O[C@H]1CC[C@@H](n2ccc(=O)[nH]c2=O)C1)P(=O)(OCC)OCC. The van der Waals surface area contributed by atoms with E-state index in [1.807, 2.05) is 0 Å². The highest BCUT2D eigenvalue weighted by atomic mass is 31.2. The number of ether oxygens (including phenoxy) is 2. The first-order chi connectivity index (χ1) is 13.3. The zero-order chi connectivity index (χ0) is 20.7. The van der Waals surface area contributed by atoms with Gasteiger partial charge in [0.15, 0.2) is 0 Å². The number of carbonyl (C=O) groups is 1. The van der Waals surface area contributed by atoms with Crippen LogP contribution in [0.15, 0.2) is 21.9 Å². The summed E-state index contributed by atoms with van der Waals surface area (Å²) in [5.74, 6) is -2.30. The van der Waals surface area contributed by atoms with Gasteiger partial charge in [0.2, 0.25) is 0 Å². The normalized spacial score (nSPS) is 20.8. The summed E-state index contributed by atoms with van der Waals surface area (Å²) in [6.45, 7) is 5.17. The summed E-state index contributed by atoms with van der Waals surface area (Å²) in [5.41, 5.74) is -0.974. The van der Waals surface area contributed by atoms with Crippen LogP contribution >= 0.6 is 7.60 Å². The van der Waals surface area contributed by atoms with Crippen molar-refractivity contribution >= 4 is 13.6 Å². The van der Waals surface area contributed by atoms with E-state index in [-0.39, 0.29) is 25.9 Å². The van der Waals surface area contributed by atoms with E-state index in [2.05, 4.69) is 4.98 Å². The summed E-state index contributed by atoms with van der Waals surface area (Å²) in [5, 5.41) is 0. The van der Waals surface area contributed by atoms with Crippen LogP contribution in [-0.4, -0.2) is 47.3 Å². The predicted molar refractivity (Wildman–Crippen MR) is 100 cm³/mol. The molecular formula is C17H27N2O8P. The van der Waals surface area contributed by atoms with Gasteiger partial charge >= 0.3 is 19.3 Å². The molecule has 0 aliphatic heterocycles. The number of hydrogen-bond acceptors (Lipinski definition) is 8. The van der Waals surface area contributed by atoms with E-state index in [0.717, 1.165) is 0 Å². The molecule has 0 saturated heterocycles. The van der Waals surface area contributed by atoms with E-state index < -0.39 is 36.8 Å². The average Bonchev–Trinajstić information content (AvgIpc) is 3.08. The maximum atomic E-state index is 13.1. The molecule has 1 fully saturated rings. The van der Waals surface area contributed by atoms with Crippen LogP contribution < -0.4 is 11.2 Å². The first-order valence-electron chi connectivity index (χ1n) is 9.36. The van der Waals surface area contributed by atoms with Crippen LogP contribution in [0, 0.1) is 0 Å². The van der Waals surface area contributed by atoms with E-state index >= 15 is 0 Å². The van der Waals surface area contributed by atoms with Gasteiger partial charge in [-0.15, -0.1) is 0 Å². The van der Waals surface area contributed by atoms with Crippen molar-refractivity contribution in [1.82, 2.24) is 9.55 Å². The highest BCUT2D eigenvalue weighted by molar-refractivity contribution is 7.55. The Balaban J connectivity index is 2.18. The second kappa shape index (κ2) is 10.2. The lowest BCUT2D eigenvalue weighted by Gasteiger charge is -2.27. The van der Waals surface area contributed by atoms with Gasteiger partial charge in [0.1, 0.15) is 0 Å². The molecular weight excluding hydrogens is 391 g/mol. The molecule has 3 atom stereocenters. The summed E-state index contributed by atoms with van der Waals surface area (Å²) in [6, 6.07) is 1.06. The molecule has 1 aliphatic rings. The van der Waals surface area contributed by atoms with E-state index in [9.17, 15) is 18.9 Å². The Labute approximate surface area is 162 Å². The molecule has 1 heterocycles. The fourth-order valence-corrected chi connectivity index (χ4v) is 4.92. The van der Waals surface area contributed by atoms with Crippen molar-refractivity contribution in [2.24, 2.45) is 0 Å². The number of nitrogens with one attached hydrogen (secondary N) is 1. The Morgan fingerprint density at radius 2 is 1.89 bits per heavy atom. The first-order valence-corrected chi connectivity index (χ1v) is 11.0. The van der Waals surface area contributed by atoms with E-state index in [0.29, 0.717) is 19.3 Å². The van der Waals surface area contributed by atoms with Crippen LogP contribution in [0.3, 0.4) is 0 Å². The molecule has 10 nitrogen and oxygen atoms in total. The van der Waals surface area contributed by atoms with Crippen LogP contribution in [0.4, 0.5) is 0 Å². The lowest BCUT2D eigenvalue weighted by molar-refractivity contribution is -0.155. The van der Waals surface area contributed by atoms with Gasteiger partial charge in [-0.05, 0) is 40.0 Å². The largest absolute Gasteiger partial charge is 0.464 e. The lowest BCUT2D eigenvalue weighted by atomic mass is 10.2. The van der Waals surface area contributed by atoms with Gasteiger partial charge in [-0.25, -0.2) is 9.59 Å². The third-order valence-corrected chi connectivity index (χ3v) is 6.46. The Kier molecular flexibility index (Phi) is 8.18. The second-order valence-corrected chi connectivity index (χ2v) is 8.29. The Hall–Kier alpha value is -1.74. The molecule has 28 heavy (non-hydrogen) atoms. The maximum Gasteiger partial charge on any atom is 0.370 e. The summed E-state index contributed by atoms with van der Waals surface area (Å²) < 4.78 is 35.9. The van der Waals surface area contributed by atoms with E-state index in [4.69, 9.17) is 18.5 Å². The monoisotopic (exact) mass is 418 g/mol. The zero-order valence-corrected chi connectivity index (χ0v) is 17.2. The smallest absolute Gasteiger partial charge is 0.370 e. The Bertz CT molecular complexity index is 810.